The van der Waals surface area contributed by atoms with E-state index < -0.39 is 6.04 Å². The average Bonchev–Trinajstić information content (AvgIpc) is 2.96. The molecule has 6 nitrogen and oxygen atoms in total. The topological polar surface area (TPSA) is 76.0 Å². The van der Waals surface area contributed by atoms with Gasteiger partial charge in [0.05, 0.1) is 5.69 Å². The number of carbonyl (C=O) groups is 2. The lowest BCUT2D eigenvalue weighted by Gasteiger charge is -2.32. The molecule has 0 radical (unpaired) electrons. The van der Waals surface area contributed by atoms with E-state index in [1.165, 1.54) is 0 Å². The van der Waals surface area contributed by atoms with E-state index in [-0.39, 0.29) is 17.7 Å². The standard InChI is InChI=1S/C22H21ClN4O2/c1-12-5-4-6-15(11-12)21(28)24-19-18(14-7-9-16(23)10-8-14)17-13(2)26-27(3)20(17)25-22(19)29/h4-11,18-19H,1-3H3,(H,24,28)(H,25,29)/t18-,19+/m1/s1. The predicted molar refractivity (Wildman–Crippen MR) is 112 cm³/mol. The van der Waals surface area contributed by atoms with Gasteiger partial charge in [0.1, 0.15) is 11.9 Å². The minimum absolute atomic E-state index is 0.276. The summed E-state index contributed by atoms with van der Waals surface area (Å²) in [5, 5.41) is 10.9. The maximum Gasteiger partial charge on any atom is 0.251 e. The molecule has 3 aromatic rings. The molecule has 1 aliphatic heterocycles. The van der Waals surface area contributed by atoms with Gasteiger partial charge in [-0.2, -0.15) is 5.10 Å². The van der Waals surface area contributed by atoms with Crippen LogP contribution < -0.4 is 10.6 Å². The van der Waals surface area contributed by atoms with Crippen molar-refractivity contribution >= 4 is 29.2 Å². The molecule has 2 amide bonds. The van der Waals surface area contributed by atoms with Gasteiger partial charge in [-0.25, -0.2) is 0 Å². The predicted octanol–water partition coefficient (Wildman–Crippen LogP) is 3.57. The maximum absolute atomic E-state index is 13.0. The number of hydrogen-bond acceptors (Lipinski definition) is 3. The highest BCUT2D eigenvalue weighted by molar-refractivity contribution is 6.30. The molecule has 0 bridgehead atoms. The van der Waals surface area contributed by atoms with E-state index in [1.54, 1.807) is 36.0 Å². The summed E-state index contributed by atoms with van der Waals surface area (Å²) in [7, 11) is 1.79. The fourth-order valence-electron chi connectivity index (χ4n) is 3.90. The second-order valence-electron chi connectivity index (χ2n) is 7.31. The smallest absolute Gasteiger partial charge is 0.251 e. The molecule has 0 fully saturated rings. The number of fused-ring (bicyclic) bond motifs is 1. The van der Waals surface area contributed by atoms with Crippen LogP contribution in [0.1, 0.15) is 38.7 Å². The number of nitrogens with one attached hydrogen (secondary N) is 2. The monoisotopic (exact) mass is 408 g/mol. The lowest BCUT2D eigenvalue weighted by atomic mass is 9.82. The third-order valence-electron chi connectivity index (χ3n) is 5.23. The van der Waals surface area contributed by atoms with Gasteiger partial charge in [0.25, 0.3) is 5.91 Å². The van der Waals surface area contributed by atoms with Crippen molar-refractivity contribution in [3.8, 4) is 0 Å². The minimum Gasteiger partial charge on any atom is -0.339 e. The zero-order valence-corrected chi connectivity index (χ0v) is 17.1. The normalized spacial score (nSPS) is 18.1. The fraction of sp³-hybridized carbons (Fsp3) is 0.227. The Kier molecular flexibility index (Phi) is 4.88. The zero-order chi connectivity index (χ0) is 20.7. The number of aryl methyl sites for hydroxylation is 3. The van der Waals surface area contributed by atoms with E-state index in [0.29, 0.717) is 16.4 Å². The van der Waals surface area contributed by atoms with Crippen molar-refractivity contribution in [1.82, 2.24) is 15.1 Å². The molecular formula is C22H21ClN4O2. The number of carbonyl (C=O) groups excluding carboxylic acids is 2. The summed E-state index contributed by atoms with van der Waals surface area (Å²) in [6.45, 7) is 3.82. The Morgan fingerprint density at radius 3 is 2.59 bits per heavy atom. The summed E-state index contributed by atoms with van der Waals surface area (Å²) in [6, 6.07) is 13.8. The quantitative estimate of drug-likeness (QED) is 0.695. The first kappa shape index (κ1) is 19.2. The number of rotatable bonds is 3. The van der Waals surface area contributed by atoms with Crippen molar-refractivity contribution in [1.29, 1.82) is 0 Å². The molecule has 0 saturated heterocycles. The van der Waals surface area contributed by atoms with E-state index in [9.17, 15) is 9.59 Å². The Morgan fingerprint density at radius 2 is 1.90 bits per heavy atom. The second-order valence-corrected chi connectivity index (χ2v) is 7.75. The molecule has 7 heteroatoms. The van der Waals surface area contributed by atoms with E-state index >= 15 is 0 Å². The van der Waals surface area contributed by atoms with Gasteiger partial charge < -0.3 is 10.6 Å². The van der Waals surface area contributed by atoms with Crippen LogP contribution in [-0.2, 0) is 11.8 Å². The van der Waals surface area contributed by atoms with Gasteiger partial charge in [-0.15, -0.1) is 0 Å². The Morgan fingerprint density at radius 1 is 1.17 bits per heavy atom. The number of hydrogen-bond donors (Lipinski definition) is 2. The van der Waals surface area contributed by atoms with Crippen LogP contribution in [0.2, 0.25) is 5.02 Å². The summed E-state index contributed by atoms with van der Waals surface area (Å²) >= 11 is 6.06. The molecule has 2 N–H and O–H groups in total. The SMILES string of the molecule is Cc1cccc(C(=O)N[C@@H]2C(=O)Nc3c(c(C)nn3C)[C@H]2c2ccc(Cl)cc2)c1. The van der Waals surface area contributed by atoms with Gasteiger partial charge in [-0.05, 0) is 43.7 Å². The minimum atomic E-state index is -0.778. The highest BCUT2D eigenvalue weighted by Gasteiger charge is 2.41. The Hall–Kier alpha value is -3.12. The number of anilines is 1. The van der Waals surface area contributed by atoms with Gasteiger partial charge in [0, 0.05) is 29.1 Å². The van der Waals surface area contributed by atoms with Crippen molar-refractivity contribution < 1.29 is 9.59 Å². The zero-order valence-electron chi connectivity index (χ0n) is 16.4. The van der Waals surface area contributed by atoms with Crippen LogP contribution in [0.4, 0.5) is 5.82 Å². The Bertz CT molecular complexity index is 1100. The average molecular weight is 409 g/mol. The molecule has 0 unspecified atom stereocenters. The van der Waals surface area contributed by atoms with Gasteiger partial charge in [-0.1, -0.05) is 41.4 Å². The Labute approximate surface area is 173 Å². The van der Waals surface area contributed by atoms with Crippen molar-refractivity contribution in [2.45, 2.75) is 25.8 Å². The molecule has 1 aliphatic rings. The first-order chi connectivity index (χ1) is 13.8. The molecule has 29 heavy (non-hydrogen) atoms. The third-order valence-corrected chi connectivity index (χ3v) is 5.48. The maximum atomic E-state index is 13.0. The van der Waals surface area contributed by atoms with Crippen LogP contribution in [-0.4, -0.2) is 27.6 Å². The largest absolute Gasteiger partial charge is 0.339 e. The Balaban J connectivity index is 1.78. The summed E-state index contributed by atoms with van der Waals surface area (Å²) in [5.41, 5.74) is 4.07. The molecule has 2 heterocycles. The van der Waals surface area contributed by atoms with Gasteiger partial charge in [0.2, 0.25) is 5.91 Å². The van der Waals surface area contributed by atoms with Crippen molar-refractivity contribution in [2.24, 2.45) is 7.05 Å². The van der Waals surface area contributed by atoms with Gasteiger partial charge >= 0.3 is 0 Å². The number of benzene rings is 2. The van der Waals surface area contributed by atoms with Gasteiger partial charge in [-0.3, -0.25) is 14.3 Å². The highest BCUT2D eigenvalue weighted by Crippen LogP contribution is 2.39. The summed E-state index contributed by atoms with van der Waals surface area (Å²) in [6.07, 6.45) is 0. The fourth-order valence-corrected chi connectivity index (χ4v) is 4.02. The van der Waals surface area contributed by atoms with Crippen LogP contribution in [0.5, 0.6) is 0 Å². The van der Waals surface area contributed by atoms with E-state index in [4.69, 9.17) is 11.6 Å². The molecule has 0 aliphatic carbocycles. The lowest BCUT2D eigenvalue weighted by molar-refractivity contribution is -0.118. The molecule has 4 rings (SSSR count). The van der Waals surface area contributed by atoms with Crippen LogP contribution >= 0.6 is 11.6 Å². The molecule has 2 aromatic carbocycles. The summed E-state index contributed by atoms with van der Waals surface area (Å²) in [4.78, 5) is 25.9. The summed E-state index contributed by atoms with van der Waals surface area (Å²) < 4.78 is 1.66. The highest BCUT2D eigenvalue weighted by atomic mass is 35.5. The lowest BCUT2D eigenvalue weighted by Crippen LogP contribution is -2.50. The van der Waals surface area contributed by atoms with Crippen LogP contribution in [0.3, 0.4) is 0 Å². The van der Waals surface area contributed by atoms with Crippen molar-refractivity contribution in [3.05, 3.63) is 81.5 Å². The first-order valence-electron chi connectivity index (χ1n) is 9.32. The molecule has 0 spiro atoms. The molecule has 148 valence electrons. The van der Waals surface area contributed by atoms with Crippen LogP contribution in [0, 0.1) is 13.8 Å². The van der Waals surface area contributed by atoms with E-state index in [1.807, 2.05) is 38.1 Å². The first-order valence-corrected chi connectivity index (χ1v) is 9.70. The molecular weight excluding hydrogens is 388 g/mol. The number of nitrogens with zero attached hydrogens (tertiary/aromatic N) is 2. The molecule has 2 atom stereocenters. The van der Waals surface area contributed by atoms with Crippen molar-refractivity contribution in [3.63, 3.8) is 0 Å². The van der Waals surface area contributed by atoms with E-state index in [2.05, 4.69) is 15.7 Å². The molecule has 1 aromatic heterocycles. The second kappa shape index (κ2) is 7.37. The summed E-state index contributed by atoms with van der Waals surface area (Å²) in [5.74, 6) is -0.300. The van der Waals surface area contributed by atoms with Gasteiger partial charge in [0.15, 0.2) is 0 Å². The van der Waals surface area contributed by atoms with E-state index in [0.717, 1.165) is 22.4 Å². The van der Waals surface area contributed by atoms with Crippen LogP contribution in [0.25, 0.3) is 0 Å². The number of aromatic nitrogens is 2. The number of amides is 2. The number of halogens is 1. The molecule has 0 saturated carbocycles. The third kappa shape index (κ3) is 3.51. The van der Waals surface area contributed by atoms with Crippen molar-refractivity contribution in [2.75, 3.05) is 5.32 Å². The van der Waals surface area contributed by atoms with Crippen LogP contribution in [0.15, 0.2) is 48.5 Å².